The lowest BCUT2D eigenvalue weighted by atomic mass is 9.47. The van der Waals surface area contributed by atoms with Crippen molar-refractivity contribution < 1.29 is 38.5 Å². The normalized spacial score (nSPS) is 31.1. The van der Waals surface area contributed by atoms with Crippen molar-refractivity contribution in [2.45, 2.75) is 150 Å². The van der Waals surface area contributed by atoms with Gasteiger partial charge in [0.1, 0.15) is 17.3 Å². The maximum Gasteiger partial charge on any atom is 0.322 e. The molecular weight excluding hydrogens is 999 g/mol. The van der Waals surface area contributed by atoms with Crippen LogP contribution in [0.4, 0.5) is 5.69 Å². The number of esters is 1. The molecule has 75 heavy (non-hydrogen) atoms. The Morgan fingerprint density at radius 2 is 1.71 bits per heavy atom. The molecule has 15 nitrogen and oxygen atoms in total. The number of nitrogens with one attached hydrogen (secondary N) is 2. The highest BCUT2D eigenvalue weighted by Gasteiger charge is 2.78. The van der Waals surface area contributed by atoms with E-state index in [-0.39, 0.29) is 12.0 Å². The first-order valence-corrected chi connectivity index (χ1v) is 34.5. The standard InChI is InChI=1S/C57H83N7O8SSi2/c1-13-53(68)31-37(3)32-56(51(67)71-8,46-40(21-26-62(5)35-53)39-19-15-16-20-43(39)61-46)42-29-41-44(30-45(42)70-7)63(6)48-55(41)23-27-64-25-17-22-54(14-2,47(55)64)49(65)57(48,69)50(66)58-24-18-28-74(9,10)72-75(11,12)36-73-52-59-33-38(4)34-60-52/h15-17,19-20,22,29-30,33-34,37,47-49,61,65,68-69H,13-14,18,21,23-28,31-32,35-36H2,1-12H3,(H,58,66)/t37-,47-,48+,49+,53-,54+,55+,56-,57-/m0/s1. The van der Waals surface area contributed by atoms with Crippen LogP contribution in [-0.2, 0) is 35.7 Å². The predicted molar refractivity (Wildman–Crippen MR) is 302 cm³/mol. The van der Waals surface area contributed by atoms with Crippen LogP contribution in [-0.4, -0.2) is 164 Å². The highest BCUT2D eigenvalue weighted by Crippen LogP contribution is 2.67. The topological polar surface area (TPSA) is 186 Å². The Kier molecular flexibility index (Phi) is 15.3. The fourth-order valence-electron chi connectivity index (χ4n) is 15.1. The first-order valence-electron chi connectivity index (χ1n) is 27.3. The van der Waals surface area contributed by atoms with Crippen LogP contribution in [0.5, 0.6) is 5.75 Å². The number of thioether (sulfide) groups is 1. The van der Waals surface area contributed by atoms with Crippen LogP contribution in [0.1, 0.15) is 87.2 Å². The molecule has 2 aromatic heterocycles. The van der Waals surface area contributed by atoms with E-state index in [9.17, 15) is 15.3 Å². The Balaban J connectivity index is 1.13. The maximum atomic E-state index is 15.6. The molecule has 9 atom stereocenters. The number of aryl methyl sites for hydroxylation is 1. The van der Waals surface area contributed by atoms with Crippen molar-refractivity contribution in [2.24, 2.45) is 11.3 Å². The van der Waals surface area contributed by atoms with Gasteiger partial charge in [0.05, 0.1) is 25.9 Å². The van der Waals surface area contributed by atoms with Crippen molar-refractivity contribution in [1.82, 2.24) is 30.1 Å². The average Bonchev–Trinajstić information content (AvgIpc) is 4.10. The number of H-pyrrole nitrogens is 1. The molecule has 2 aromatic carbocycles. The predicted octanol–water partition coefficient (Wildman–Crippen LogP) is 7.25. The van der Waals surface area contributed by atoms with Crippen molar-refractivity contribution >= 4 is 56.9 Å². The highest BCUT2D eigenvalue weighted by atomic mass is 32.2. The molecule has 1 aliphatic carbocycles. The number of para-hydroxylation sites is 1. The summed E-state index contributed by atoms with van der Waals surface area (Å²) in [6, 6.07) is 11.9. The number of aliphatic hydroxyl groups excluding tert-OH is 1. The molecule has 408 valence electrons. The van der Waals surface area contributed by atoms with E-state index < -0.39 is 68.1 Å². The monoisotopic (exact) mass is 1080 g/mol. The van der Waals surface area contributed by atoms with Crippen molar-refractivity contribution in [3.05, 3.63) is 88.9 Å². The number of fused-ring (bicyclic) bond motifs is 4. The summed E-state index contributed by atoms with van der Waals surface area (Å²) in [6.07, 6.45) is 9.98. The third-order valence-electron chi connectivity index (χ3n) is 18.0. The Labute approximate surface area is 450 Å². The molecule has 4 aromatic rings. The number of ether oxygens (including phenoxy) is 2. The lowest BCUT2D eigenvalue weighted by Gasteiger charge is -2.63. The van der Waals surface area contributed by atoms with Gasteiger partial charge in [0.25, 0.3) is 5.91 Å². The number of hydrogen-bond donors (Lipinski definition) is 5. The number of aromatic amines is 1. The number of amides is 1. The zero-order valence-corrected chi connectivity index (χ0v) is 49.3. The molecule has 0 bridgehead atoms. The second-order valence-electron chi connectivity index (χ2n) is 24.2. The number of carbonyl (C=O) groups is 2. The molecule has 9 rings (SSSR count). The van der Waals surface area contributed by atoms with E-state index in [0.717, 1.165) is 55.6 Å². The zero-order valence-electron chi connectivity index (χ0n) is 46.5. The quantitative estimate of drug-likeness (QED) is 0.0200. The average molecular weight is 1080 g/mol. The summed E-state index contributed by atoms with van der Waals surface area (Å²) in [7, 11) is 2.72. The van der Waals surface area contributed by atoms with Gasteiger partial charge in [0.2, 0.25) is 0 Å². The second kappa shape index (κ2) is 20.6. The van der Waals surface area contributed by atoms with Crippen LogP contribution >= 0.6 is 11.8 Å². The molecule has 1 saturated heterocycles. The van der Waals surface area contributed by atoms with E-state index in [4.69, 9.17) is 13.6 Å². The van der Waals surface area contributed by atoms with E-state index in [1.165, 1.54) is 7.11 Å². The largest absolute Gasteiger partial charge is 0.496 e. The number of rotatable bonds is 15. The maximum absolute atomic E-state index is 15.6. The second-order valence-corrected chi connectivity index (χ2v) is 34.3. The van der Waals surface area contributed by atoms with Gasteiger partial charge in [-0.05, 0) is 132 Å². The van der Waals surface area contributed by atoms with Gasteiger partial charge >= 0.3 is 5.97 Å². The van der Waals surface area contributed by atoms with Gasteiger partial charge in [-0.25, -0.2) is 9.97 Å². The summed E-state index contributed by atoms with van der Waals surface area (Å²) in [5.74, 6) is -0.765. The molecule has 5 aliphatic rings. The zero-order chi connectivity index (χ0) is 54.1. The lowest BCUT2D eigenvalue weighted by molar-refractivity contribution is -0.203. The number of methoxy groups -OCH3 is 2. The van der Waals surface area contributed by atoms with Gasteiger partial charge in [0.15, 0.2) is 27.4 Å². The van der Waals surface area contributed by atoms with E-state index in [2.05, 4.69) is 94.5 Å². The Bertz CT molecular complexity index is 2820. The number of aliphatic hydroxyl groups is 3. The highest BCUT2D eigenvalue weighted by molar-refractivity contribution is 8.00. The third-order valence-corrected chi connectivity index (χ3v) is 27.8. The van der Waals surface area contributed by atoms with Crippen LogP contribution < -0.4 is 15.0 Å². The summed E-state index contributed by atoms with van der Waals surface area (Å²) in [5, 5.41) is 44.8. The number of likely N-dealkylation sites (N-methyl/N-ethyl adjacent to an activating group) is 2. The molecule has 1 spiro atoms. The van der Waals surface area contributed by atoms with Crippen LogP contribution in [0, 0.1) is 18.3 Å². The summed E-state index contributed by atoms with van der Waals surface area (Å²) >= 11 is 1.63. The Morgan fingerprint density at radius 3 is 2.40 bits per heavy atom. The summed E-state index contributed by atoms with van der Waals surface area (Å²) in [6.45, 7) is 19.9. The fraction of sp³-hybridized carbons (Fsp3) is 0.614. The van der Waals surface area contributed by atoms with Crippen molar-refractivity contribution in [2.75, 3.05) is 71.3 Å². The van der Waals surface area contributed by atoms with E-state index >= 15 is 9.59 Å². The number of anilines is 1. The van der Waals surface area contributed by atoms with E-state index in [1.54, 1.807) is 18.9 Å². The molecule has 5 N–H and O–H groups in total. The van der Waals surface area contributed by atoms with Gasteiger partial charge in [-0.3, -0.25) is 14.5 Å². The minimum atomic E-state index is -2.27. The molecule has 0 unspecified atom stereocenters. The van der Waals surface area contributed by atoms with Gasteiger partial charge in [-0.2, -0.15) is 0 Å². The van der Waals surface area contributed by atoms with Crippen molar-refractivity contribution in [1.29, 1.82) is 0 Å². The Morgan fingerprint density at radius 1 is 0.973 bits per heavy atom. The first kappa shape index (κ1) is 55.6. The van der Waals surface area contributed by atoms with Crippen molar-refractivity contribution in [3.8, 4) is 5.75 Å². The third kappa shape index (κ3) is 9.32. The lowest BCUT2D eigenvalue weighted by Crippen LogP contribution is -2.81. The van der Waals surface area contributed by atoms with Crippen molar-refractivity contribution in [3.63, 3.8) is 0 Å². The summed E-state index contributed by atoms with van der Waals surface area (Å²) < 4.78 is 19.5. The Hall–Kier alpha value is -4.12. The van der Waals surface area contributed by atoms with Crippen LogP contribution in [0.3, 0.4) is 0 Å². The number of nitrogens with zero attached hydrogens (tertiary/aromatic N) is 5. The molecule has 6 heterocycles. The summed E-state index contributed by atoms with van der Waals surface area (Å²) in [5.41, 5.74) is -0.680. The minimum Gasteiger partial charge on any atom is -0.496 e. The molecule has 1 saturated carbocycles. The van der Waals surface area contributed by atoms with Crippen LogP contribution in [0.2, 0.25) is 32.2 Å². The molecule has 4 aliphatic heterocycles. The smallest absolute Gasteiger partial charge is 0.322 e. The number of carbonyl (C=O) groups excluding carboxylic acids is 2. The van der Waals surface area contributed by atoms with Gasteiger partial charge < -0.3 is 49.0 Å². The molecule has 18 heteroatoms. The minimum absolute atomic E-state index is 0.185. The van der Waals surface area contributed by atoms with Gasteiger partial charge in [-0.1, -0.05) is 62.9 Å². The van der Waals surface area contributed by atoms with Gasteiger partial charge in [0, 0.05) is 102 Å². The fourth-order valence-corrected chi connectivity index (χ4v) is 25.4. The first-order chi connectivity index (χ1) is 35.5. The van der Waals surface area contributed by atoms with Crippen LogP contribution in [0.15, 0.2) is 66.1 Å². The summed E-state index contributed by atoms with van der Waals surface area (Å²) in [4.78, 5) is 50.3. The number of β-amino-alcohol motifs (C(OH)–C–C–N with tert-alkyl or cyclic N) is 1. The molecular formula is C57H83N7O8SSi2. The van der Waals surface area contributed by atoms with Gasteiger partial charge in [-0.15, -0.1) is 0 Å². The van der Waals surface area contributed by atoms with E-state index in [0.29, 0.717) is 89.0 Å². The molecule has 1 amide bonds. The SMILES string of the molecule is CC[C@]1(O)C[C@H](C)C[C@](C(=O)OC)(c2cc3c(cc2OC)N(C)[C@H]2[C@@](O)(C(=O)NCCC[Si](C)(C)O[Si](C)(C)CSc4ncc(C)cn4)[C@H](O)[C@]4(CC)C=CCN5CC[C@]32[C@@H]54)c2[nH]c3ccccc3c2CCN(C)C1. The van der Waals surface area contributed by atoms with E-state index in [1.807, 2.05) is 69.4 Å². The van der Waals surface area contributed by atoms with Crippen LogP contribution in [0.25, 0.3) is 10.9 Å². The number of hydrogen-bond acceptors (Lipinski definition) is 14. The molecule has 2 fully saturated rings. The number of aromatic nitrogens is 3. The molecule has 0 radical (unpaired) electrons. The number of benzene rings is 2.